The quantitative estimate of drug-likeness (QED) is 0.802. The van der Waals surface area contributed by atoms with E-state index in [1.807, 2.05) is 4.90 Å². The van der Waals surface area contributed by atoms with Crippen LogP contribution in [0, 0.1) is 11.8 Å². The van der Waals surface area contributed by atoms with E-state index in [1.165, 1.54) is 0 Å². The molecule has 1 aliphatic rings. The first-order chi connectivity index (χ1) is 8.10. The van der Waals surface area contributed by atoms with Gasteiger partial charge in [-0.25, -0.2) is 0 Å². The van der Waals surface area contributed by atoms with Crippen LogP contribution in [0.2, 0.25) is 0 Å². The maximum Gasteiger partial charge on any atom is 0.226 e. The van der Waals surface area contributed by atoms with Crippen LogP contribution in [0.25, 0.3) is 0 Å². The summed E-state index contributed by atoms with van der Waals surface area (Å²) in [5.41, 5.74) is 6.00. The topological polar surface area (TPSA) is 46.3 Å². The molecule has 0 saturated heterocycles. The summed E-state index contributed by atoms with van der Waals surface area (Å²) in [6.45, 7) is 8.25. The molecule has 0 aromatic heterocycles. The second-order valence-electron chi connectivity index (χ2n) is 5.48. The van der Waals surface area contributed by atoms with Crippen molar-refractivity contribution >= 4 is 5.91 Å². The lowest BCUT2D eigenvalue weighted by Crippen LogP contribution is -2.44. The Morgan fingerprint density at radius 3 is 2.35 bits per heavy atom. The normalized spacial score (nSPS) is 29.1. The van der Waals surface area contributed by atoms with E-state index in [9.17, 15) is 4.79 Å². The van der Waals surface area contributed by atoms with Gasteiger partial charge in [0, 0.05) is 25.0 Å². The maximum atomic E-state index is 12.5. The van der Waals surface area contributed by atoms with Crippen molar-refractivity contribution in [2.75, 3.05) is 13.1 Å². The zero-order valence-electron chi connectivity index (χ0n) is 11.6. The molecule has 3 nitrogen and oxygen atoms in total. The number of nitrogens with zero attached hydrogens (tertiary/aromatic N) is 1. The van der Waals surface area contributed by atoms with Gasteiger partial charge in [0.1, 0.15) is 0 Å². The van der Waals surface area contributed by atoms with Crippen LogP contribution in [0.4, 0.5) is 0 Å². The molecule has 3 atom stereocenters. The smallest absolute Gasteiger partial charge is 0.226 e. The van der Waals surface area contributed by atoms with Gasteiger partial charge in [0.15, 0.2) is 0 Å². The number of carbonyl (C=O) groups excluding carboxylic acids is 1. The average Bonchev–Trinajstić information content (AvgIpc) is 2.31. The van der Waals surface area contributed by atoms with E-state index in [2.05, 4.69) is 20.8 Å². The summed E-state index contributed by atoms with van der Waals surface area (Å²) < 4.78 is 0. The lowest BCUT2D eigenvalue weighted by atomic mass is 9.77. The predicted molar refractivity (Wildman–Crippen MR) is 71.6 cm³/mol. The van der Waals surface area contributed by atoms with Crippen LogP contribution in [-0.4, -0.2) is 29.9 Å². The first kappa shape index (κ1) is 14.5. The SMILES string of the molecule is CCCN(CCC)C(=O)C1CC(N)CCC1C. The molecule has 0 aromatic carbocycles. The van der Waals surface area contributed by atoms with Crippen LogP contribution in [0.15, 0.2) is 0 Å². The number of amides is 1. The molecule has 0 aromatic rings. The molecule has 0 spiro atoms. The highest BCUT2D eigenvalue weighted by molar-refractivity contribution is 5.79. The average molecular weight is 240 g/mol. The third kappa shape index (κ3) is 3.98. The van der Waals surface area contributed by atoms with E-state index < -0.39 is 0 Å². The second-order valence-corrected chi connectivity index (χ2v) is 5.48. The van der Waals surface area contributed by atoms with E-state index in [4.69, 9.17) is 5.73 Å². The Balaban J connectivity index is 2.63. The Bertz CT molecular complexity index is 236. The summed E-state index contributed by atoms with van der Waals surface area (Å²) in [5, 5.41) is 0. The van der Waals surface area contributed by atoms with E-state index in [1.54, 1.807) is 0 Å². The van der Waals surface area contributed by atoms with Crippen LogP contribution in [-0.2, 0) is 4.79 Å². The molecule has 17 heavy (non-hydrogen) atoms. The number of carbonyl (C=O) groups is 1. The van der Waals surface area contributed by atoms with Gasteiger partial charge in [-0.05, 0) is 38.0 Å². The van der Waals surface area contributed by atoms with Crippen molar-refractivity contribution in [1.82, 2.24) is 4.90 Å². The Kier molecular flexibility index (Phi) is 5.96. The summed E-state index contributed by atoms with van der Waals surface area (Å²) in [7, 11) is 0. The van der Waals surface area contributed by atoms with E-state index in [0.29, 0.717) is 11.8 Å². The van der Waals surface area contributed by atoms with Crippen LogP contribution >= 0.6 is 0 Å². The third-order valence-electron chi connectivity index (χ3n) is 3.85. The van der Waals surface area contributed by atoms with Gasteiger partial charge in [0.25, 0.3) is 0 Å². The maximum absolute atomic E-state index is 12.5. The van der Waals surface area contributed by atoms with Crippen LogP contribution in [0.1, 0.15) is 52.9 Å². The zero-order valence-corrected chi connectivity index (χ0v) is 11.6. The first-order valence-electron chi connectivity index (χ1n) is 7.14. The fourth-order valence-electron chi connectivity index (χ4n) is 2.81. The zero-order chi connectivity index (χ0) is 12.8. The molecule has 0 aliphatic heterocycles. The molecule has 0 heterocycles. The molecule has 0 bridgehead atoms. The molecule has 0 radical (unpaired) electrons. The third-order valence-corrected chi connectivity index (χ3v) is 3.85. The minimum atomic E-state index is 0.164. The number of nitrogens with two attached hydrogens (primary N) is 1. The molecular weight excluding hydrogens is 212 g/mol. The summed E-state index contributed by atoms with van der Waals surface area (Å²) in [6.07, 6.45) is 5.14. The highest BCUT2D eigenvalue weighted by atomic mass is 16.2. The minimum Gasteiger partial charge on any atom is -0.342 e. The highest BCUT2D eigenvalue weighted by Gasteiger charge is 2.33. The first-order valence-corrected chi connectivity index (χ1v) is 7.14. The number of rotatable bonds is 5. The van der Waals surface area contributed by atoms with Crippen molar-refractivity contribution < 1.29 is 4.79 Å². The van der Waals surface area contributed by atoms with Gasteiger partial charge in [-0.15, -0.1) is 0 Å². The number of hydrogen-bond donors (Lipinski definition) is 1. The molecule has 3 unspecified atom stereocenters. The standard InChI is InChI=1S/C14H28N2O/c1-4-8-16(9-5-2)14(17)13-10-12(15)7-6-11(13)3/h11-13H,4-10,15H2,1-3H3. The molecule has 1 saturated carbocycles. The van der Waals surface area contributed by atoms with Gasteiger partial charge in [-0.1, -0.05) is 20.8 Å². The van der Waals surface area contributed by atoms with Crippen molar-refractivity contribution in [2.45, 2.75) is 58.9 Å². The summed E-state index contributed by atoms with van der Waals surface area (Å²) >= 11 is 0. The van der Waals surface area contributed by atoms with Crippen molar-refractivity contribution in [2.24, 2.45) is 17.6 Å². The van der Waals surface area contributed by atoms with Gasteiger partial charge in [-0.2, -0.15) is 0 Å². The Labute approximate surface area is 106 Å². The fraction of sp³-hybridized carbons (Fsp3) is 0.929. The van der Waals surface area contributed by atoms with Crippen molar-refractivity contribution in [3.63, 3.8) is 0 Å². The van der Waals surface area contributed by atoms with Crippen molar-refractivity contribution in [3.8, 4) is 0 Å². The molecule has 1 aliphatic carbocycles. The summed E-state index contributed by atoms with van der Waals surface area (Å²) in [6, 6.07) is 0.227. The van der Waals surface area contributed by atoms with Crippen LogP contribution in [0.3, 0.4) is 0 Å². The molecule has 3 heteroatoms. The van der Waals surface area contributed by atoms with Crippen LogP contribution in [0.5, 0.6) is 0 Å². The van der Waals surface area contributed by atoms with Gasteiger partial charge >= 0.3 is 0 Å². The molecular formula is C14H28N2O. The van der Waals surface area contributed by atoms with Gasteiger partial charge in [-0.3, -0.25) is 4.79 Å². The molecule has 1 fully saturated rings. The lowest BCUT2D eigenvalue weighted by molar-refractivity contribution is -0.138. The van der Waals surface area contributed by atoms with Crippen molar-refractivity contribution in [3.05, 3.63) is 0 Å². The molecule has 100 valence electrons. The Morgan fingerprint density at radius 2 is 1.82 bits per heavy atom. The summed E-state index contributed by atoms with van der Waals surface area (Å²) in [5.74, 6) is 1.01. The van der Waals surface area contributed by atoms with Crippen molar-refractivity contribution in [1.29, 1.82) is 0 Å². The van der Waals surface area contributed by atoms with E-state index >= 15 is 0 Å². The monoisotopic (exact) mass is 240 g/mol. The fourth-order valence-corrected chi connectivity index (χ4v) is 2.81. The van der Waals surface area contributed by atoms with Gasteiger partial charge in [0.2, 0.25) is 5.91 Å². The molecule has 1 rings (SSSR count). The Hall–Kier alpha value is -0.570. The Morgan fingerprint density at radius 1 is 1.24 bits per heavy atom. The van der Waals surface area contributed by atoms with E-state index in [0.717, 1.165) is 45.2 Å². The van der Waals surface area contributed by atoms with Gasteiger partial charge < -0.3 is 10.6 Å². The molecule has 2 N–H and O–H groups in total. The molecule has 1 amide bonds. The van der Waals surface area contributed by atoms with Crippen LogP contribution < -0.4 is 5.73 Å². The number of hydrogen-bond acceptors (Lipinski definition) is 2. The lowest BCUT2D eigenvalue weighted by Gasteiger charge is -2.35. The summed E-state index contributed by atoms with van der Waals surface area (Å²) in [4.78, 5) is 14.5. The highest BCUT2D eigenvalue weighted by Crippen LogP contribution is 2.30. The largest absolute Gasteiger partial charge is 0.342 e. The van der Waals surface area contributed by atoms with E-state index in [-0.39, 0.29) is 12.0 Å². The predicted octanol–water partition coefficient (Wildman–Crippen LogP) is 2.40. The second kappa shape index (κ2) is 7.00. The van der Waals surface area contributed by atoms with Gasteiger partial charge in [0.05, 0.1) is 0 Å². The minimum absolute atomic E-state index is 0.164.